The Balaban J connectivity index is 2.88. The van der Waals surface area contributed by atoms with Crippen molar-refractivity contribution in [3.05, 3.63) is 17.0 Å². The van der Waals surface area contributed by atoms with Gasteiger partial charge in [-0.25, -0.2) is 8.42 Å². The van der Waals surface area contributed by atoms with Crippen molar-refractivity contribution >= 4 is 33.0 Å². The highest BCUT2D eigenvalue weighted by molar-refractivity contribution is 7.91. The Morgan fingerprint density at radius 1 is 1.15 bits per heavy atom. The molecule has 0 N–H and O–H groups in total. The van der Waals surface area contributed by atoms with Gasteiger partial charge in [-0.3, -0.25) is 0 Å². The molecule has 0 atom stereocenters. The lowest BCUT2D eigenvalue weighted by atomic mass is 10.3. The molecule has 3 nitrogen and oxygen atoms in total. The molecule has 0 bridgehead atoms. The second-order valence-corrected chi connectivity index (χ2v) is 8.48. The number of rotatable bonds is 10. The van der Waals surface area contributed by atoms with Gasteiger partial charge in [0, 0.05) is 23.8 Å². The van der Waals surface area contributed by atoms with Crippen molar-refractivity contribution in [3.63, 3.8) is 0 Å². The number of thiophene rings is 1. The second kappa shape index (κ2) is 9.03. The van der Waals surface area contributed by atoms with E-state index in [1.165, 1.54) is 11.3 Å². The van der Waals surface area contributed by atoms with Crippen molar-refractivity contribution in [1.82, 2.24) is 4.31 Å². The zero-order valence-corrected chi connectivity index (χ0v) is 14.7. The summed E-state index contributed by atoms with van der Waals surface area (Å²) in [5.74, 6) is 0.523. The van der Waals surface area contributed by atoms with Crippen molar-refractivity contribution in [2.45, 2.75) is 50.2 Å². The molecule has 1 rings (SSSR count). The third kappa shape index (κ3) is 5.02. The largest absolute Gasteiger partial charge is 0.252 e. The van der Waals surface area contributed by atoms with Crippen LogP contribution in [0, 0.1) is 0 Å². The van der Waals surface area contributed by atoms with Gasteiger partial charge < -0.3 is 0 Å². The number of alkyl halides is 1. The highest BCUT2D eigenvalue weighted by Crippen LogP contribution is 2.26. The summed E-state index contributed by atoms with van der Waals surface area (Å²) in [4.78, 5) is 1.03. The highest BCUT2D eigenvalue weighted by Gasteiger charge is 2.25. The van der Waals surface area contributed by atoms with Gasteiger partial charge >= 0.3 is 0 Å². The Kier molecular flexibility index (Phi) is 8.10. The number of unbranched alkanes of at least 4 members (excludes halogenated alkanes) is 2. The van der Waals surface area contributed by atoms with Crippen molar-refractivity contribution in [3.8, 4) is 0 Å². The molecule has 1 heterocycles. The monoisotopic (exact) mass is 337 g/mol. The van der Waals surface area contributed by atoms with Crippen LogP contribution in [0.4, 0.5) is 0 Å². The summed E-state index contributed by atoms with van der Waals surface area (Å²) >= 11 is 7.05. The maximum Gasteiger partial charge on any atom is 0.252 e. The zero-order chi connectivity index (χ0) is 15.0. The van der Waals surface area contributed by atoms with Gasteiger partial charge in [-0.1, -0.05) is 26.7 Å². The minimum Gasteiger partial charge on any atom is -0.206 e. The molecule has 116 valence electrons. The number of hydrogen-bond donors (Lipinski definition) is 0. The lowest BCUT2D eigenvalue weighted by Crippen LogP contribution is -2.32. The Hall–Kier alpha value is -0.100. The molecular formula is C14H24ClNO2S2. The van der Waals surface area contributed by atoms with E-state index in [-0.39, 0.29) is 0 Å². The van der Waals surface area contributed by atoms with E-state index in [1.54, 1.807) is 10.4 Å². The van der Waals surface area contributed by atoms with Crippen molar-refractivity contribution < 1.29 is 8.42 Å². The Labute approximate surface area is 132 Å². The Morgan fingerprint density at radius 3 is 2.25 bits per heavy atom. The summed E-state index contributed by atoms with van der Waals surface area (Å²) in [5, 5.41) is 0. The van der Waals surface area contributed by atoms with Crippen LogP contribution in [0.25, 0.3) is 0 Å². The summed E-state index contributed by atoms with van der Waals surface area (Å²) in [6, 6.07) is 3.59. The molecule has 6 heteroatoms. The number of nitrogens with zero attached hydrogens (tertiary/aromatic N) is 1. The first-order valence-electron chi connectivity index (χ1n) is 7.21. The Bertz CT molecular complexity index is 477. The fraction of sp³-hybridized carbons (Fsp3) is 0.714. The first-order valence-corrected chi connectivity index (χ1v) is 10.00. The molecule has 0 unspecified atom stereocenters. The molecule has 0 amide bonds. The molecular weight excluding hydrogens is 314 g/mol. The van der Waals surface area contributed by atoms with E-state index in [9.17, 15) is 8.42 Å². The van der Waals surface area contributed by atoms with Crippen LogP contribution < -0.4 is 0 Å². The average Bonchev–Trinajstić information content (AvgIpc) is 2.88. The van der Waals surface area contributed by atoms with Gasteiger partial charge in [-0.05, 0) is 31.4 Å². The number of sulfonamides is 1. The molecule has 0 aliphatic heterocycles. The van der Waals surface area contributed by atoms with Gasteiger partial charge in [-0.15, -0.1) is 22.9 Å². The highest BCUT2D eigenvalue weighted by atomic mass is 35.5. The second-order valence-electron chi connectivity index (χ2n) is 4.77. The van der Waals surface area contributed by atoms with E-state index in [1.807, 2.05) is 6.07 Å². The van der Waals surface area contributed by atoms with Crippen LogP contribution in [-0.2, 0) is 16.4 Å². The van der Waals surface area contributed by atoms with Crippen LogP contribution in [0.2, 0.25) is 0 Å². The van der Waals surface area contributed by atoms with E-state index in [2.05, 4.69) is 13.8 Å². The van der Waals surface area contributed by atoms with Crippen LogP contribution in [0.15, 0.2) is 16.3 Å². The van der Waals surface area contributed by atoms with Crippen LogP contribution >= 0.6 is 22.9 Å². The van der Waals surface area contributed by atoms with Crippen LogP contribution in [0.5, 0.6) is 0 Å². The lowest BCUT2D eigenvalue weighted by Gasteiger charge is -2.20. The van der Waals surface area contributed by atoms with E-state index < -0.39 is 10.0 Å². The molecule has 0 spiro atoms. The number of aryl methyl sites for hydroxylation is 1. The molecule has 0 aromatic carbocycles. The summed E-state index contributed by atoms with van der Waals surface area (Å²) in [6.45, 7) is 5.38. The topological polar surface area (TPSA) is 37.4 Å². The minimum absolute atomic E-state index is 0.449. The normalized spacial score (nSPS) is 12.2. The maximum absolute atomic E-state index is 12.7. The van der Waals surface area contributed by atoms with Gasteiger partial charge in [0.25, 0.3) is 10.0 Å². The molecule has 1 aromatic heterocycles. The van der Waals surface area contributed by atoms with Crippen LogP contribution in [0.1, 0.15) is 44.4 Å². The third-order valence-corrected chi connectivity index (χ3v) is 6.79. The first kappa shape index (κ1) is 18.0. The summed E-state index contributed by atoms with van der Waals surface area (Å²) in [7, 11) is -3.33. The number of hydrogen-bond acceptors (Lipinski definition) is 3. The quantitative estimate of drug-likeness (QED) is 0.602. The van der Waals surface area contributed by atoms with Crippen LogP contribution in [0.3, 0.4) is 0 Å². The molecule has 0 aliphatic rings. The summed E-state index contributed by atoms with van der Waals surface area (Å²) in [6.07, 6.45) is 4.54. The van der Waals surface area contributed by atoms with Crippen molar-refractivity contribution in [2.24, 2.45) is 0 Å². The molecule has 0 saturated carbocycles. The molecule has 1 aromatic rings. The van der Waals surface area contributed by atoms with E-state index in [4.69, 9.17) is 11.6 Å². The van der Waals surface area contributed by atoms with Gasteiger partial charge in [0.1, 0.15) is 4.21 Å². The fourth-order valence-electron chi connectivity index (χ4n) is 1.87. The molecule has 20 heavy (non-hydrogen) atoms. The van der Waals surface area contributed by atoms with Crippen molar-refractivity contribution in [1.29, 1.82) is 0 Å². The SMILES string of the molecule is CCCCN(CCCC)S(=O)(=O)c1ccc(CCCl)s1. The lowest BCUT2D eigenvalue weighted by molar-refractivity contribution is 0.396. The zero-order valence-electron chi connectivity index (χ0n) is 12.3. The maximum atomic E-state index is 12.7. The van der Waals surface area contributed by atoms with Gasteiger partial charge in [-0.2, -0.15) is 4.31 Å². The van der Waals surface area contributed by atoms with E-state index in [0.29, 0.717) is 23.2 Å². The van der Waals surface area contributed by atoms with Crippen molar-refractivity contribution in [2.75, 3.05) is 19.0 Å². The number of halogens is 1. The van der Waals surface area contributed by atoms with Crippen LogP contribution in [-0.4, -0.2) is 31.7 Å². The Morgan fingerprint density at radius 2 is 1.75 bits per heavy atom. The fourth-order valence-corrected chi connectivity index (χ4v) is 5.22. The predicted octanol–water partition coefficient (Wildman–Crippen LogP) is 4.12. The van der Waals surface area contributed by atoms with E-state index >= 15 is 0 Å². The minimum atomic E-state index is -3.33. The van der Waals surface area contributed by atoms with Gasteiger partial charge in [0.2, 0.25) is 0 Å². The van der Waals surface area contributed by atoms with Gasteiger partial charge in [0.15, 0.2) is 0 Å². The first-order chi connectivity index (χ1) is 9.56. The molecule has 0 fully saturated rings. The van der Waals surface area contributed by atoms with E-state index in [0.717, 1.165) is 37.0 Å². The van der Waals surface area contributed by atoms with Gasteiger partial charge in [0.05, 0.1) is 0 Å². The molecule has 0 saturated heterocycles. The molecule has 0 radical (unpaired) electrons. The summed E-state index contributed by atoms with van der Waals surface area (Å²) < 4.78 is 27.4. The average molecular weight is 338 g/mol. The summed E-state index contributed by atoms with van der Waals surface area (Å²) in [5.41, 5.74) is 0. The third-order valence-electron chi connectivity index (χ3n) is 3.09. The molecule has 0 aliphatic carbocycles. The smallest absolute Gasteiger partial charge is 0.206 e. The predicted molar refractivity (Wildman–Crippen MR) is 87.3 cm³/mol. The standard InChI is InChI=1S/C14H24ClNO2S2/c1-3-5-11-16(12-6-4-2)20(17,18)14-8-7-13(19-14)9-10-15/h7-8H,3-6,9-12H2,1-2H3.